The Bertz CT molecular complexity index is 316. The second-order valence-electron chi connectivity index (χ2n) is 9.28. The molecule has 0 atom stereocenters. The van der Waals surface area contributed by atoms with E-state index in [-0.39, 0.29) is 0 Å². The van der Waals surface area contributed by atoms with Crippen molar-refractivity contribution in [1.29, 1.82) is 0 Å². The van der Waals surface area contributed by atoms with Gasteiger partial charge in [0.15, 0.2) is 0 Å². The van der Waals surface area contributed by atoms with Gasteiger partial charge in [0.1, 0.15) is 5.78 Å². The van der Waals surface area contributed by atoms with E-state index in [1.165, 1.54) is 122 Å². The summed E-state index contributed by atoms with van der Waals surface area (Å²) in [4.78, 5) is 12.0. The molecule has 160 valence electrons. The number of Topliss-reactive ketones (excluding diaryl/α,β-unsaturated/α-hetero) is 1. The van der Waals surface area contributed by atoms with E-state index in [0.29, 0.717) is 5.78 Å². The second kappa shape index (κ2) is 19.0. The predicted molar refractivity (Wildman–Crippen MR) is 120 cm³/mol. The minimum Gasteiger partial charge on any atom is -0.300 e. The van der Waals surface area contributed by atoms with E-state index in [0.717, 1.165) is 31.6 Å². The minimum absolute atomic E-state index is 0.530. The third-order valence-electron chi connectivity index (χ3n) is 6.60. The van der Waals surface area contributed by atoms with E-state index in [1.54, 1.807) is 0 Å². The molecule has 0 unspecified atom stereocenters. The molecule has 1 saturated carbocycles. The molecule has 0 heterocycles. The van der Waals surface area contributed by atoms with E-state index >= 15 is 0 Å². The highest BCUT2D eigenvalue weighted by Crippen LogP contribution is 2.29. The summed E-state index contributed by atoms with van der Waals surface area (Å²) in [5, 5.41) is 0. The number of unbranched alkanes of at least 4 members (excludes halogenated alkanes) is 14. The minimum atomic E-state index is 0.530. The third-order valence-corrected chi connectivity index (χ3v) is 6.60. The maximum absolute atomic E-state index is 12.0. The Kier molecular flexibility index (Phi) is 17.4. The molecule has 1 aliphatic rings. The van der Waals surface area contributed by atoms with Crippen molar-refractivity contribution in [3.63, 3.8) is 0 Å². The van der Waals surface area contributed by atoms with Crippen molar-refractivity contribution in [2.45, 2.75) is 155 Å². The van der Waals surface area contributed by atoms with Gasteiger partial charge in [0.25, 0.3) is 0 Å². The number of ketones is 1. The summed E-state index contributed by atoms with van der Waals surface area (Å²) < 4.78 is 0. The standard InChI is InChI=1S/C26H50O/c1-2-3-4-5-6-7-8-9-10-11-12-13-14-15-16-23-26(27)24-19-22-25-20-17-18-21-25/h25H,2-24H2,1H3. The highest BCUT2D eigenvalue weighted by Gasteiger charge is 2.14. The Hall–Kier alpha value is -0.330. The molecule has 0 radical (unpaired) electrons. The van der Waals surface area contributed by atoms with Gasteiger partial charge in [-0.15, -0.1) is 0 Å². The lowest BCUT2D eigenvalue weighted by molar-refractivity contribution is -0.119. The van der Waals surface area contributed by atoms with Gasteiger partial charge in [0.05, 0.1) is 0 Å². The Morgan fingerprint density at radius 3 is 1.48 bits per heavy atom. The summed E-state index contributed by atoms with van der Waals surface area (Å²) in [6.45, 7) is 2.29. The van der Waals surface area contributed by atoms with Crippen LogP contribution in [-0.2, 0) is 4.79 Å². The zero-order valence-electron chi connectivity index (χ0n) is 18.7. The van der Waals surface area contributed by atoms with Crippen LogP contribution in [0.4, 0.5) is 0 Å². The quantitative estimate of drug-likeness (QED) is 0.193. The Morgan fingerprint density at radius 1 is 0.593 bits per heavy atom. The molecule has 27 heavy (non-hydrogen) atoms. The van der Waals surface area contributed by atoms with Gasteiger partial charge in [-0.05, 0) is 18.8 Å². The van der Waals surface area contributed by atoms with Crippen LogP contribution in [0.15, 0.2) is 0 Å². The molecule has 0 amide bonds. The van der Waals surface area contributed by atoms with Crippen LogP contribution in [0.3, 0.4) is 0 Å². The fraction of sp³-hybridized carbons (Fsp3) is 0.962. The van der Waals surface area contributed by atoms with Gasteiger partial charge < -0.3 is 0 Å². The summed E-state index contributed by atoms with van der Waals surface area (Å²) in [7, 11) is 0. The van der Waals surface area contributed by atoms with Crippen LogP contribution >= 0.6 is 0 Å². The first kappa shape index (κ1) is 24.7. The maximum atomic E-state index is 12.0. The van der Waals surface area contributed by atoms with Crippen LogP contribution in [0.5, 0.6) is 0 Å². The van der Waals surface area contributed by atoms with Crippen LogP contribution in [-0.4, -0.2) is 5.78 Å². The lowest BCUT2D eigenvalue weighted by Gasteiger charge is -2.07. The molecule has 1 heteroatoms. The molecule has 0 spiro atoms. The molecule has 0 N–H and O–H groups in total. The van der Waals surface area contributed by atoms with Crippen LogP contribution < -0.4 is 0 Å². The van der Waals surface area contributed by atoms with E-state index in [4.69, 9.17) is 0 Å². The Labute approximate surface area is 171 Å². The van der Waals surface area contributed by atoms with Crippen molar-refractivity contribution in [2.24, 2.45) is 5.92 Å². The molecule has 0 bridgehead atoms. The first-order valence-corrected chi connectivity index (χ1v) is 12.8. The van der Waals surface area contributed by atoms with Gasteiger partial charge in [-0.2, -0.15) is 0 Å². The van der Waals surface area contributed by atoms with E-state index in [9.17, 15) is 4.79 Å². The molecular formula is C26H50O. The monoisotopic (exact) mass is 378 g/mol. The normalized spacial score (nSPS) is 14.9. The first-order valence-electron chi connectivity index (χ1n) is 12.8. The number of carbonyl (C=O) groups excluding carboxylic acids is 1. The Balaban J connectivity index is 1.70. The molecule has 1 nitrogen and oxygen atoms in total. The van der Waals surface area contributed by atoms with Gasteiger partial charge >= 0.3 is 0 Å². The van der Waals surface area contributed by atoms with Gasteiger partial charge in [-0.1, -0.05) is 129 Å². The molecule has 0 aliphatic heterocycles. The molecule has 1 rings (SSSR count). The van der Waals surface area contributed by atoms with Crippen molar-refractivity contribution < 1.29 is 4.79 Å². The SMILES string of the molecule is CCCCCCCCCCCCCCCCCC(=O)CCCC1CCCC1. The number of hydrogen-bond donors (Lipinski definition) is 0. The van der Waals surface area contributed by atoms with Gasteiger partial charge in [0, 0.05) is 12.8 Å². The predicted octanol–water partition coefficient (Wildman–Crippen LogP) is 9.18. The summed E-state index contributed by atoms with van der Waals surface area (Å²) in [6.07, 6.45) is 30.8. The van der Waals surface area contributed by atoms with Gasteiger partial charge in [-0.3, -0.25) is 4.79 Å². The van der Waals surface area contributed by atoms with Crippen LogP contribution in [0.25, 0.3) is 0 Å². The van der Waals surface area contributed by atoms with Crippen molar-refractivity contribution in [2.75, 3.05) is 0 Å². The second-order valence-corrected chi connectivity index (χ2v) is 9.28. The highest BCUT2D eigenvalue weighted by atomic mass is 16.1. The van der Waals surface area contributed by atoms with Gasteiger partial charge in [-0.25, -0.2) is 0 Å². The van der Waals surface area contributed by atoms with Crippen LogP contribution in [0.2, 0.25) is 0 Å². The fourth-order valence-corrected chi connectivity index (χ4v) is 4.71. The zero-order chi connectivity index (χ0) is 19.4. The van der Waals surface area contributed by atoms with Crippen molar-refractivity contribution in [3.05, 3.63) is 0 Å². The largest absolute Gasteiger partial charge is 0.300 e. The summed E-state index contributed by atoms with van der Waals surface area (Å²) in [5.41, 5.74) is 0. The number of hydrogen-bond acceptors (Lipinski definition) is 1. The summed E-state index contributed by atoms with van der Waals surface area (Å²) in [6, 6.07) is 0. The molecule has 0 aromatic heterocycles. The summed E-state index contributed by atoms with van der Waals surface area (Å²) in [5.74, 6) is 1.48. The van der Waals surface area contributed by atoms with E-state index in [1.807, 2.05) is 0 Å². The highest BCUT2D eigenvalue weighted by molar-refractivity contribution is 5.78. The average Bonchev–Trinajstić information content (AvgIpc) is 3.18. The average molecular weight is 379 g/mol. The van der Waals surface area contributed by atoms with Crippen molar-refractivity contribution in [1.82, 2.24) is 0 Å². The molecule has 1 fully saturated rings. The lowest BCUT2D eigenvalue weighted by atomic mass is 9.98. The van der Waals surface area contributed by atoms with E-state index < -0.39 is 0 Å². The van der Waals surface area contributed by atoms with Gasteiger partial charge in [0.2, 0.25) is 0 Å². The number of rotatable bonds is 20. The van der Waals surface area contributed by atoms with E-state index in [2.05, 4.69) is 6.92 Å². The van der Waals surface area contributed by atoms with Crippen LogP contribution in [0, 0.1) is 5.92 Å². The fourth-order valence-electron chi connectivity index (χ4n) is 4.71. The first-order chi connectivity index (χ1) is 13.3. The molecule has 0 aromatic rings. The van der Waals surface area contributed by atoms with Crippen molar-refractivity contribution >= 4 is 5.78 Å². The topological polar surface area (TPSA) is 17.1 Å². The molecule has 1 aliphatic carbocycles. The number of carbonyl (C=O) groups is 1. The summed E-state index contributed by atoms with van der Waals surface area (Å²) >= 11 is 0. The third kappa shape index (κ3) is 16.3. The Morgan fingerprint density at radius 2 is 1.00 bits per heavy atom. The zero-order valence-corrected chi connectivity index (χ0v) is 18.7. The van der Waals surface area contributed by atoms with Crippen LogP contribution in [0.1, 0.15) is 155 Å². The molecular weight excluding hydrogens is 328 g/mol. The molecule has 0 aromatic carbocycles. The maximum Gasteiger partial charge on any atom is 0.132 e. The smallest absolute Gasteiger partial charge is 0.132 e. The van der Waals surface area contributed by atoms with Crippen molar-refractivity contribution in [3.8, 4) is 0 Å². The lowest BCUT2D eigenvalue weighted by Crippen LogP contribution is -2.00. The molecule has 0 saturated heterocycles.